The van der Waals surface area contributed by atoms with Gasteiger partial charge in [0.2, 0.25) is 0 Å². The lowest BCUT2D eigenvalue weighted by molar-refractivity contribution is -0.384. The minimum Gasteiger partial charge on any atom is -0.406 e. The van der Waals surface area contributed by atoms with Crippen molar-refractivity contribution in [2.24, 2.45) is 0 Å². The molecule has 2 rings (SSSR count). The van der Waals surface area contributed by atoms with Crippen LogP contribution in [0.15, 0.2) is 36.4 Å². The molecule has 1 atom stereocenters. The lowest BCUT2D eigenvalue weighted by Gasteiger charge is -2.39. The average molecular weight is 377 g/mol. The second-order valence-electron chi connectivity index (χ2n) is 8.18. The van der Waals surface area contributed by atoms with Crippen molar-refractivity contribution in [3.63, 3.8) is 0 Å². The van der Waals surface area contributed by atoms with E-state index >= 15 is 0 Å². The van der Waals surface area contributed by atoms with Crippen LogP contribution in [0.3, 0.4) is 0 Å². The number of hydrogen-bond donors (Lipinski definition) is 0. The van der Waals surface area contributed by atoms with Gasteiger partial charge < -0.3 is 9.33 Å². The monoisotopic (exact) mass is 376 g/mol. The van der Waals surface area contributed by atoms with Crippen molar-refractivity contribution in [2.45, 2.75) is 51.4 Å². The summed E-state index contributed by atoms with van der Waals surface area (Å²) in [6.45, 7) is 12.0. The Bertz CT molecular complexity index is 692. The summed E-state index contributed by atoms with van der Waals surface area (Å²) < 4.78 is 6.35. The van der Waals surface area contributed by atoms with Gasteiger partial charge in [0.15, 0.2) is 14.1 Å². The first kappa shape index (κ1) is 20.3. The van der Waals surface area contributed by atoms with E-state index in [0.29, 0.717) is 19.5 Å². The number of benzene rings is 1. The average Bonchev–Trinajstić information content (AvgIpc) is 2.53. The quantitative estimate of drug-likeness (QED) is 0.444. The van der Waals surface area contributed by atoms with E-state index in [9.17, 15) is 14.9 Å². The molecule has 6 nitrogen and oxygen atoms in total. The highest BCUT2D eigenvalue weighted by Crippen LogP contribution is 2.38. The second-order valence-corrected chi connectivity index (χ2v) is 12.9. The van der Waals surface area contributed by atoms with E-state index < -0.39 is 19.3 Å². The topological polar surface area (TPSA) is 72.7 Å². The van der Waals surface area contributed by atoms with Crippen molar-refractivity contribution >= 4 is 25.5 Å². The standard InChI is InChI=1S/C19H28N2O4Si/c1-19(2,3)26(4,5)25-18-12-14-20(13-6-7-17(18)22)15-8-10-16(11-9-15)21(23)24/h6-11,18H,12-14H2,1-5H3/b7-6-/t18-/m1/s1. The van der Waals surface area contributed by atoms with Crippen LogP contribution in [0.25, 0.3) is 0 Å². The minimum absolute atomic E-state index is 0.0261. The van der Waals surface area contributed by atoms with Gasteiger partial charge in [-0.25, -0.2) is 0 Å². The summed E-state index contributed by atoms with van der Waals surface area (Å²) in [7, 11) is -2.04. The van der Waals surface area contributed by atoms with Gasteiger partial charge >= 0.3 is 0 Å². The van der Waals surface area contributed by atoms with E-state index in [4.69, 9.17) is 4.43 Å². The Morgan fingerprint density at radius 3 is 2.38 bits per heavy atom. The molecule has 0 aliphatic carbocycles. The third kappa shape index (κ3) is 4.79. The van der Waals surface area contributed by atoms with Gasteiger partial charge in [0.25, 0.3) is 5.69 Å². The van der Waals surface area contributed by atoms with Gasteiger partial charge in [-0.3, -0.25) is 14.9 Å². The van der Waals surface area contributed by atoms with E-state index in [1.165, 1.54) is 12.1 Å². The molecule has 142 valence electrons. The molecule has 0 N–H and O–H groups in total. The number of non-ortho nitro benzene ring substituents is 1. The summed E-state index contributed by atoms with van der Waals surface area (Å²) >= 11 is 0. The SMILES string of the molecule is CC(C)(C)[Si](C)(C)O[C@@H]1CCN(c2ccc([N+](=O)[O-])cc2)C/C=C\C1=O. The lowest BCUT2D eigenvalue weighted by atomic mass is 10.1. The van der Waals surface area contributed by atoms with Gasteiger partial charge in [-0.2, -0.15) is 0 Å². The maximum Gasteiger partial charge on any atom is 0.269 e. The summed E-state index contributed by atoms with van der Waals surface area (Å²) in [5.74, 6) is 0.0261. The first-order chi connectivity index (χ1) is 12.0. The second kappa shape index (κ2) is 7.71. The van der Waals surface area contributed by atoms with Crippen molar-refractivity contribution in [3.8, 4) is 0 Å². The molecular weight excluding hydrogens is 348 g/mol. The molecule has 7 heteroatoms. The molecule has 0 saturated carbocycles. The van der Waals surface area contributed by atoms with E-state index in [0.717, 1.165) is 5.69 Å². The number of ketones is 1. The Balaban J connectivity index is 2.14. The number of anilines is 1. The van der Waals surface area contributed by atoms with Crippen LogP contribution < -0.4 is 4.90 Å². The molecule has 1 aromatic carbocycles. The van der Waals surface area contributed by atoms with Crippen LogP contribution in [0.4, 0.5) is 11.4 Å². The Hall–Kier alpha value is -1.99. The normalized spacial score (nSPS) is 20.4. The molecule has 1 heterocycles. The summed E-state index contributed by atoms with van der Waals surface area (Å²) in [6, 6.07) is 6.51. The summed E-state index contributed by atoms with van der Waals surface area (Å²) in [4.78, 5) is 25.0. The van der Waals surface area contributed by atoms with Crippen molar-refractivity contribution in [2.75, 3.05) is 18.0 Å². The summed E-state index contributed by atoms with van der Waals surface area (Å²) in [6.07, 6.45) is 3.61. The van der Waals surface area contributed by atoms with Crippen LogP contribution in [-0.4, -0.2) is 38.2 Å². The van der Waals surface area contributed by atoms with E-state index in [1.807, 2.05) is 6.08 Å². The number of rotatable bonds is 4. The number of carbonyl (C=O) groups is 1. The van der Waals surface area contributed by atoms with Crippen molar-refractivity contribution in [3.05, 3.63) is 46.5 Å². The van der Waals surface area contributed by atoms with Crippen molar-refractivity contribution < 1.29 is 14.1 Å². The number of hydrogen-bond acceptors (Lipinski definition) is 5. The Kier molecular flexibility index (Phi) is 6.03. The summed E-state index contributed by atoms with van der Waals surface area (Å²) in [5.41, 5.74) is 0.978. The number of carbonyl (C=O) groups excluding carboxylic acids is 1. The van der Waals surface area contributed by atoms with Crippen LogP contribution in [0.1, 0.15) is 27.2 Å². The molecule has 1 aliphatic heterocycles. The van der Waals surface area contributed by atoms with Gasteiger partial charge in [0, 0.05) is 30.9 Å². The van der Waals surface area contributed by atoms with Crippen LogP contribution in [0, 0.1) is 10.1 Å². The van der Waals surface area contributed by atoms with Crippen LogP contribution in [0.5, 0.6) is 0 Å². The van der Waals surface area contributed by atoms with Gasteiger partial charge in [0.05, 0.1) is 4.92 Å². The van der Waals surface area contributed by atoms with Gasteiger partial charge in [-0.1, -0.05) is 26.8 Å². The third-order valence-corrected chi connectivity index (χ3v) is 9.74. The molecule has 0 saturated heterocycles. The maximum absolute atomic E-state index is 12.5. The van der Waals surface area contributed by atoms with Crippen molar-refractivity contribution in [1.82, 2.24) is 0 Å². The zero-order chi connectivity index (χ0) is 19.5. The smallest absolute Gasteiger partial charge is 0.269 e. The largest absolute Gasteiger partial charge is 0.406 e. The first-order valence-electron chi connectivity index (χ1n) is 8.89. The van der Waals surface area contributed by atoms with Gasteiger partial charge in [0.1, 0.15) is 6.10 Å². The molecule has 0 bridgehead atoms. The maximum atomic E-state index is 12.5. The molecule has 0 radical (unpaired) electrons. The zero-order valence-electron chi connectivity index (χ0n) is 16.2. The molecule has 1 aliphatic rings. The molecule has 0 amide bonds. The van der Waals surface area contributed by atoms with Crippen LogP contribution >= 0.6 is 0 Å². The molecule has 0 spiro atoms. The highest BCUT2D eigenvalue weighted by atomic mass is 28.4. The van der Waals surface area contributed by atoms with Crippen LogP contribution in [0.2, 0.25) is 18.1 Å². The highest BCUT2D eigenvalue weighted by Gasteiger charge is 2.40. The van der Waals surface area contributed by atoms with Gasteiger partial charge in [-0.15, -0.1) is 0 Å². The van der Waals surface area contributed by atoms with E-state index in [-0.39, 0.29) is 16.5 Å². The fraction of sp³-hybridized carbons (Fsp3) is 0.526. The first-order valence-corrected chi connectivity index (χ1v) is 11.8. The number of nitrogens with zero attached hydrogens (tertiary/aromatic N) is 2. The zero-order valence-corrected chi connectivity index (χ0v) is 17.2. The fourth-order valence-corrected chi connectivity index (χ4v) is 3.88. The minimum atomic E-state index is -2.04. The predicted octanol–water partition coefficient (Wildman–Crippen LogP) is 4.32. The fourth-order valence-electron chi connectivity index (χ4n) is 2.58. The highest BCUT2D eigenvalue weighted by molar-refractivity contribution is 6.74. The van der Waals surface area contributed by atoms with Crippen molar-refractivity contribution in [1.29, 1.82) is 0 Å². The number of nitro groups is 1. The Morgan fingerprint density at radius 2 is 1.85 bits per heavy atom. The third-order valence-electron chi connectivity index (χ3n) is 5.26. The Labute approximate surface area is 156 Å². The molecule has 0 unspecified atom stereocenters. The van der Waals surface area contributed by atoms with E-state index in [1.54, 1.807) is 18.2 Å². The molecular formula is C19H28N2O4Si. The van der Waals surface area contributed by atoms with E-state index in [2.05, 4.69) is 38.8 Å². The van der Waals surface area contributed by atoms with Gasteiger partial charge in [-0.05, 0) is 42.8 Å². The number of nitro benzene ring substituents is 1. The Morgan fingerprint density at radius 1 is 1.23 bits per heavy atom. The molecule has 0 aromatic heterocycles. The lowest BCUT2D eigenvalue weighted by Crippen LogP contribution is -2.47. The predicted molar refractivity (Wildman–Crippen MR) is 106 cm³/mol. The van der Waals surface area contributed by atoms with Crippen LogP contribution in [-0.2, 0) is 9.22 Å². The summed E-state index contributed by atoms with van der Waals surface area (Å²) in [5, 5.41) is 10.9. The molecule has 0 fully saturated rings. The molecule has 26 heavy (non-hydrogen) atoms. The molecule has 1 aromatic rings.